The maximum Gasteiger partial charge on any atom is 0.158 e. The molecule has 2 rings (SSSR count). The van der Waals surface area contributed by atoms with Gasteiger partial charge in [0.15, 0.2) is 5.82 Å². The van der Waals surface area contributed by atoms with E-state index in [0.29, 0.717) is 19.0 Å². The van der Waals surface area contributed by atoms with Crippen LogP contribution in [0.2, 0.25) is 0 Å². The lowest BCUT2D eigenvalue weighted by atomic mass is 10.4. The second-order valence-electron chi connectivity index (χ2n) is 4.37. The van der Waals surface area contributed by atoms with Crippen LogP contribution in [0.25, 0.3) is 0 Å². The summed E-state index contributed by atoms with van der Waals surface area (Å²) >= 11 is 0. The van der Waals surface area contributed by atoms with E-state index in [1.54, 1.807) is 4.68 Å². The van der Waals surface area contributed by atoms with Gasteiger partial charge in [0.05, 0.1) is 11.4 Å². The average molecular weight is 276 g/mol. The van der Waals surface area contributed by atoms with Gasteiger partial charge in [0.25, 0.3) is 0 Å². The zero-order chi connectivity index (χ0) is 14.5. The van der Waals surface area contributed by atoms with Gasteiger partial charge in [0.1, 0.15) is 18.2 Å². The first kappa shape index (κ1) is 14.3. The molecule has 2 N–H and O–H groups in total. The van der Waals surface area contributed by atoms with Crippen LogP contribution in [0.4, 0.5) is 17.3 Å². The molecule has 7 heteroatoms. The lowest BCUT2D eigenvalue weighted by Gasteiger charge is -2.09. The summed E-state index contributed by atoms with van der Waals surface area (Å²) in [5, 5.41) is 10.6. The fraction of sp³-hybridized carbons (Fsp3) is 0.462. The molecule has 108 valence electrons. The molecule has 0 aliphatic rings. The minimum atomic E-state index is 0.396. The number of nitrogens with one attached hydrogen (secondary N) is 2. The standard InChI is InChI=1S/C13H20N6O/c1-5-20-8-13-16-11(14-3)6-12(17-13)15-10-7-19(4)18-9(10)2/h6-7H,5,8H2,1-4H3,(H2,14,15,16,17). The van der Waals surface area contributed by atoms with Gasteiger partial charge in [-0.2, -0.15) is 5.10 Å². The molecule has 0 radical (unpaired) electrons. The highest BCUT2D eigenvalue weighted by Crippen LogP contribution is 2.19. The summed E-state index contributed by atoms with van der Waals surface area (Å²) in [7, 11) is 3.71. The van der Waals surface area contributed by atoms with E-state index in [-0.39, 0.29) is 0 Å². The van der Waals surface area contributed by atoms with Gasteiger partial charge in [-0.05, 0) is 13.8 Å². The molecule has 2 aromatic rings. The number of nitrogens with zero attached hydrogens (tertiary/aromatic N) is 4. The average Bonchev–Trinajstić information content (AvgIpc) is 2.74. The Hall–Kier alpha value is -2.15. The fourth-order valence-corrected chi connectivity index (χ4v) is 1.81. The maximum absolute atomic E-state index is 5.36. The van der Waals surface area contributed by atoms with Gasteiger partial charge in [-0.3, -0.25) is 4.68 Å². The Morgan fingerprint density at radius 3 is 2.65 bits per heavy atom. The molecular formula is C13H20N6O. The molecule has 0 bridgehead atoms. The first-order chi connectivity index (χ1) is 9.62. The van der Waals surface area contributed by atoms with Crippen LogP contribution < -0.4 is 10.6 Å². The van der Waals surface area contributed by atoms with Crippen molar-refractivity contribution < 1.29 is 4.74 Å². The third-order valence-electron chi connectivity index (χ3n) is 2.74. The van der Waals surface area contributed by atoms with Gasteiger partial charge >= 0.3 is 0 Å². The molecule has 0 fully saturated rings. The minimum absolute atomic E-state index is 0.396. The summed E-state index contributed by atoms with van der Waals surface area (Å²) in [4.78, 5) is 8.79. The minimum Gasteiger partial charge on any atom is -0.374 e. The van der Waals surface area contributed by atoms with Gasteiger partial charge in [-0.1, -0.05) is 0 Å². The Labute approximate surface area is 118 Å². The molecule has 0 spiro atoms. The molecule has 0 aliphatic carbocycles. The predicted octanol–water partition coefficient (Wildman–Crippen LogP) is 1.84. The van der Waals surface area contributed by atoms with E-state index in [1.165, 1.54) is 0 Å². The fourth-order valence-electron chi connectivity index (χ4n) is 1.81. The first-order valence-electron chi connectivity index (χ1n) is 6.53. The summed E-state index contributed by atoms with van der Waals surface area (Å²) < 4.78 is 7.12. The monoisotopic (exact) mass is 276 g/mol. The van der Waals surface area contributed by atoms with Crippen LogP contribution in [0.5, 0.6) is 0 Å². The molecule has 0 atom stereocenters. The molecular weight excluding hydrogens is 256 g/mol. The third-order valence-corrected chi connectivity index (χ3v) is 2.74. The van der Waals surface area contributed by atoms with Crippen molar-refractivity contribution in [3.63, 3.8) is 0 Å². The van der Waals surface area contributed by atoms with Gasteiger partial charge in [0.2, 0.25) is 0 Å². The van der Waals surface area contributed by atoms with Crippen molar-refractivity contribution in [3.05, 3.63) is 23.8 Å². The molecule has 7 nitrogen and oxygen atoms in total. The van der Waals surface area contributed by atoms with Crippen LogP contribution in [0.3, 0.4) is 0 Å². The van der Waals surface area contributed by atoms with Crippen LogP contribution in [0.1, 0.15) is 18.4 Å². The summed E-state index contributed by atoms with van der Waals surface area (Å²) in [5.41, 5.74) is 1.85. The van der Waals surface area contributed by atoms with E-state index in [4.69, 9.17) is 4.74 Å². The molecule has 20 heavy (non-hydrogen) atoms. The Balaban J connectivity index is 2.23. The van der Waals surface area contributed by atoms with Gasteiger partial charge < -0.3 is 15.4 Å². The Bertz CT molecular complexity index is 580. The van der Waals surface area contributed by atoms with E-state index in [2.05, 4.69) is 25.7 Å². The highest BCUT2D eigenvalue weighted by molar-refractivity contribution is 5.60. The summed E-state index contributed by atoms with van der Waals surface area (Å²) in [6.45, 7) is 4.92. The Morgan fingerprint density at radius 2 is 2.05 bits per heavy atom. The Kier molecular flexibility index (Phi) is 4.52. The number of anilines is 3. The number of aryl methyl sites for hydroxylation is 2. The lowest BCUT2D eigenvalue weighted by Crippen LogP contribution is -2.05. The highest BCUT2D eigenvalue weighted by Gasteiger charge is 2.07. The summed E-state index contributed by atoms with van der Waals surface area (Å²) in [5.74, 6) is 2.11. The number of ether oxygens (including phenoxy) is 1. The van der Waals surface area contributed by atoms with E-state index in [0.717, 1.165) is 23.0 Å². The molecule has 0 aromatic carbocycles. The summed E-state index contributed by atoms with van der Waals surface area (Å²) in [6, 6.07) is 1.85. The van der Waals surface area contributed by atoms with Gasteiger partial charge in [-0.25, -0.2) is 9.97 Å². The predicted molar refractivity (Wildman–Crippen MR) is 78.1 cm³/mol. The van der Waals surface area contributed by atoms with Crippen LogP contribution in [0, 0.1) is 6.92 Å². The van der Waals surface area contributed by atoms with Crippen molar-refractivity contribution >= 4 is 17.3 Å². The normalized spacial score (nSPS) is 10.6. The second kappa shape index (κ2) is 6.33. The smallest absolute Gasteiger partial charge is 0.158 e. The molecule has 0 aliphatic heterocycles. The maximum atomic E-state index is 5.36. The van der Waals surface area contributed by atoms with Gasteiger partial charge in [0, 0.05) is 33.0 Å². The van der Waals surface area contributed by atoms with Crippen LogP contribution in [-0.4, -0.2) is 33.4 Å². The van der Waals surface area contributed by atoms with Crippen molar-refractivity contribution in [3.8, 4) is 0 Å². The second-order valence-corrected chi connectivity index (χ2v) is 4.37. The topological polar surface area (TPSA) is 76.9 Å². The zero-order valence-electron chi connectivity index (χ0n) is 12.3. The molecule has 2 aromatic heterocycles. The van der Waals surface area contributed by atoms with Crippen LogP contribution in [-0.2, 0) is 18.4 Å². The van der Waals surface area contributed by atoms with E-state index in [1.807, 2.05) is 40.2 Å². The molecule has 2 heterocycles. The lowest BCUT2D eigenvalue weighted by molar-refractivity contribution is 0.128. The number of aromatic nitrogens is 4. The van der Waals surface area contributed by atoms with Crippen molar-refractivity contribution in [2.24, 2.45) is 7.05 Å². The molecule has 0 saturated heterocycles. The first-order valence-corrected chi connectivity index (χ1v) is 6.53. The van der Waals surface area contributed by atoms with Crippen molar-refractivity contribution in [1.82, 2.24) is 19.7 Å². The van der Waals surface area contributed by atoms with Crippen molar-refractivity contribution in [2.45, 2.75) is 20.5 Å². The Morgan fingerprint density at radius 1 is 1.30 bits per heavy atom. The quantitative estimate of drug-likeness (QED) is 0.838. The number of hydrogen-bond donors (Lipinski definition) is 2. The van der Waals surface area contributed by atoms with E-state index >= 15 is 0 Å². The number of rotatable bonds is 6. The molecule has 0 saturated carbocycles. The van der Waals surface area contributed by atoms with E-state index in [9.17, 15) is 0 Å². The number of hydrogen-bond acceptors (Lipinski definition) is 6. The molecule has 0 amide bonds. The largest absolute Gasteiger partial charge is 0.374 e. The third kappa shape index (κ3) is 3.45. The zero-order valence-corrected chi connectivity index (χ0v) is 12.3. The van der Waals surface area contributed by atoms with Crippen molar-refractivity contribution in [1.29, 1.82) is 0 Å². The summed E-state index contributed by atoms with van der Waals surface area (Å²) in [6.07, 6.45) is 1.92. The van der Waals surface area contributed by atoms with Crippen molar-refractivity contribution in [2.75, 3.05) is 24.3 Å². The van der Waals surface area contributed by atoms with Crippen LogP contribution in [0.15, 0.2) is 12.3 Å². The van der Waals surface area contributed by atoms with Gasteiger partial charge in [-0.15, -0.1) is 0 Å². The van der Waals surface area contributed by atoms with Crippen LogP contribution >= 0.6 is 0 Å². The molecule has 0 unspecified atom stereocenters. The highest BCUT2D eigenvalue weighted by atomic mass is 16.5. The van der Waals surface area contributed by atoms with E-state index < -0.39 is 0 Å². The SMILES string of the molecule is CCOCc1nc(NC)cc(Nc2cn(C)nc2C)n1.